The number of benzene rings is 5. The van der Waals surface area contributed by atoms with Crippen LogP contribution in [-0.2, 0) is 5.41 Å². The van der Waals surface area contributed by atoms with Gasteiger partial charge < -0.3 is 4.57 Å². The van der Waals surface area contributed by atoms with E-state index in [9.17, 15) is 0 Å². The van der Waals surface area contributed by atoms with E-state index in [0.717, 1.165) is 66.7 Å². The van der Waals surface area contributed by atoms with E-state index in [-0.39, 0.29) is 5.41 Å². The minimum Gasteiger partial charge on any atom is -0.307 e. The van der Waals surface area contributed by atoms with Crippen LogP contribution >= 0.6 is 0 Å². The molecule has 0 aliphatic heterocycles. The zero-order valence-electron chi connectivity index (χ0n) is 28.1. The molecule has 0 spiro atoms. The monoisotopic (exact) mass is 642 g/mol. The molecule has 8 aromatic rings. The topological polar surface area (TPSA) is 43.6 Å². The maximum atomic E-state index is 5.15. The van der Waals surface area contributed by atoms with Gasteiger partial charge in [-0.2, -0.15) is 0 Å². The molecular formula is C46H34N4. The second-order valence-corrected chi connectivity index (χ2v) is 13.4. The number of aromatic nitrogens is 4. The molecule has 0 amide bonds. The van der Waals surface area contributed by atoms with E-state index in [0.29, 0.717) is 5.82 Å². The van der Waals surface area contributed by atoms with Gasteiger partial charge in [-0.25, -0.2) is 9.97 Å². The van der Waals surface area contributed by atoms with Crippen molar-refractivity contribution in [3.63, 3.8) is 0 Å². The van der Waals surface area contributed by atoms with Crippen molar-refractivity contribution in [3.05, 3.63) is 169 Å². The summed E-state index contributed by atoms with van der Waals surface area (Å²) in [6.07, 6.45) is 7.84. The first-order valence-corrected chi connectivity index (χ1v) is 16.9. The first-order chi connectivity index (χ1) is 24.5. The van der Waals surface area contributed by atoms with E-state index >= 15 is 0 Å². The molecular weight excluding hydrogens is 609 g/mol. The van der Waals surface area contributed by atoms with E-state index < -0.39 is 0 Å². The van der Waals surface area contributed by atoms with Gasteiger partial charge in [0.1, 0.15) is 0 Å². The Morgan fingerprint density at radius 1 is 0.660 bits per heavy atom. The summed E-state index contributed by atoms with van der Waals surface area (Å²) < 4.78 is 2.38. The summed E-state index contributed by atoms with van der Waals surface area (Å²) in [4.78, 5) is 14.9. The van der Waals surface area contributed by atoms with Crippen LogP contribution in [0, 0.1) is 0 Å². The van der Waals surface area contributed by atoms with E-state index in [2.05, 4.69) is 121 Å². The molecule has 1 aliphatic rings. The Morgan fingerprint density at radius 3 is 1.98 bits per heavy atom. The van der Waals surface area contributed by atoms with Gasteiger partial charge in [-0.1, -0.05) is 136 Å². The molecule has 1 aliphatic carbocycles. The lowest BCUT2D eigenvalue weighted by molar-refractivity contribution is 0.664. The smallest absolute Gasteiger partial charge is 0.160 e. The van der Waals surface area contributed by atoms with Crippen LogP contribution in [0.5, 0.6) is 0 Å². The fourth-order valence-corrected chi connectivity index (χ4v) is 8.00. The lowest BCUT2D eigenvalue weighted by Gasteiger charge is -2.25. The summed E-state index contributed by atoms with van der Waals surface area (Å²) in [6.45, 7) is 13.3. The molecule has 0 bridgehead atoms. The number of pyridine rings is 1. The number of hydrogen-bond donors (Lipinski definition) is 0. The van der Waals surface area contributed by atoms with Crippen LogP contribution in [0.1, 0.15) is 36.1 Å². The van der Waals surface area contributed by atoms with E-state index in [1.807, 2.05) is 60.9 Å². The van der Waals surface area contributed by atoms with Crippen molar-refractivity contribution in [2.45, 2.75) is 19.3 Å². The minimum atomic E-state index is -0.267. The Bertz CT molecular complexity index is 2590. The van der Waals surface area contributed by atoms with Crippen molar-refractivity contribution in [1.29, 1.82) is 0 Å². The average molecular weight is 643 g/mol. The molecule has 0 saturated carbocycles. The molecule has 0 fully saturated rings. The summed E-state index contributed by atoms with van der Waals surface area (Å²) >= 11 is 0. The second-order valence-electron chi connectivity index (χ2n) is 13.4. The normalized spacial score (nSPS) is 12.9. The zero-order chi connectivity index (χ0) is 34.0. The van der Waals surface area contributed by atoms with Crippen LogP contribution in [0.4, 0.5) is 0 Å². The van der Waals surface area contributed by atoms with Crippen LogP contribution in [-0.4, -0.2) is 19.5 Å². The van der Waals surface area contributed by atoms with Crippen molar-refractivity contribution >= 4 is 34.0 Å². The molecule has 5 aromatic carbocycles. The number of fused-ring (bicyclic) bond motifs is 7. The Hall–Kier alpha value is -6.39. The van der Waals surface area contributed by atoms with Crippen LogP contribution < -0.4 is 0 Å². The number of rotatable bonds is 6. The van der Waals surface area contributed by atoms with Crippen LogP contribution in [0.15, 0.2) is 147 Å². The molecule has 4 nitrogen and oxygen atoms in total. The summed E-state index contributed by atoms with van der Waals surface area (Å²) in [5.41, 5.74) is 15.0. The predicted molar refractivity (Wildman–Crippen MR) is 208 cm³/mol. The van der Waals surface area contributed by atoms with Crippen molar-refractivity contribution in [3.8, 4) is 50.7 Å². The third kappa shape index (κ3) is 4.35. The van der Waals surface area contributed by atoms with Crippen molar-refractivity contribution in [1.82, 2.24) is 19.5 Å². The standard InChI is InChI=1S/C46H34N4/c1-5-33-34(6-2)42-36-24-25-47-28-40(36)50(44(42)43-41(33)35-22-13-14-23-37(35)46(43,3)4)32-21-15-20-31(26-32)45-48-38(29-16-9-7-10-17-29)27-39(49-45)30-18-11-8-12-19-30/h5-28H,1-2H2,3-4H3. The maximum Gasteiger partial charge on any atom is 0.160 e. The van der Waals surface area contributed by atoms with E-state index in [4.69, 9.17) is 9.97 Å². The van der Waals surface area contributed by atoms with Gasteiger partial charge in [0.25, 0.3) is 0 Å². The highest BCUT2D eigenvalue weighted by Crippen LogP contribution is 2.56. The van der Waals surface area contributed by atoms with Crippen molar-refractivity contribution in [2.75, 3.05) is 0 Å². The molecule has 0 unspecified atom stereocenters. The molecule has 238 valence electrons. The molecule has 3 aromatic heterocycles. The van der Waals surface area contributed by atoms with Gasteiger partial charge in [0.05, 0.1) is 28.6 Å². The number of nitrogens with zero attached hydrogens (tertiary/aromatic N) is 4. The van der Waals surface area contributed by atoms with Gasteiger partial charge in [0, 0.05) is 44.8 Å². The maximum absolute atomic E-state index is 5.15. The number of hydrogen-bond acceptors (Lipinski definition) is 3. The average Bonchev–Trinajstić information content (AvgIpc) is 3.63. The van der Waals surface area contributed by atoms with Crippen molar-refractivity contribution < 1.29 is 0 Å². The van der Waals surface area contributed by atoms with E-state index in [1.165, 1.54) is 22.3 Å². The summed E-state index contributed by atoms with van der Waals surface area (Å²) in [5.74, 6) is 0.671. The lowest BCUT2D eigenvalue weighted by atomic mass is 9.80. The lowest BCUT2D eigenvalue weighted by Crippen LogP contribution is -2.17. The highest BCUT2D eigenvalue weighted by molar-refractivity contribution is 6.18. The molecule has 0 atom stereocenters. The molecule has 0 N–H and O–H groups in total. The Labute approximate surface area is 291 Å². The summed E-state index contributed by atoms with van der Waals surface area (Å²) in [5, 5.41) is 2.28. The zero-order valence-corrected chi connectivity index (χ0v) is 28.1. The molecule has 0 saturated heterocycles. The third-order valence-electron chi connectivity index (χ3n) is 10.2. The Morgan fingerprint density at radius 2 is 1.30 bits per heavy atom. The van der Waals surface area contributed by atoms with Crippen molar-refractivity contribution in [2.24, 2.45) is 0 Å². The van der Waals surface area contributed by atoms with Gasteiger partial charge in [-0.3, -0.25) is 4.98 Å². The van der Waals surface area contributed by atoms with Crippen LogP contribution in [0.2, 0.25) is 0 Å². The van der Waals surface area contributed by atoms with Gasteiger partial charge >= 0.3 is 0 Å². The fourth-order valence-electron chi connectivity index (χ4n) is 8.00. The van der Waals surface area contributed by atoms with Gasteiger partial charge in [-0.15, -0.1) is 0 Å². The van der Waals surface area contributed by atoms with Gasteiger partial charge in [0.15, 0.2) is 5.82 Å². The van der Waals surface area contributed by atoms with E-state index in [1.54, 1.807) is 0 Å². The van der Waals surface area contributed by atoms with Gasteiger partial charge in [-0.05, 0) is 57.6 Å². The Kier molecular flexibility index (Phi) is 6.75. The van der Waals surface area contributed by atoms with Gasteiger partial charge in [0.2, 0.25) is 0 Å². The molecule has 4 heteroatoms. The Balaban J connectivity index is 1.35. The highest BCUT2D eigenvalue weighted by atomic mass is 15.0. The van der Waals surface area contributed by atoms with Crippen LogP contribution in [0.25, 0.3) is 84.7 Å². The third-order valence-corrected chi connectivity index (χ3v) is 10.2. The fraction of sp³-hybridized carbons (Fsp3) is 0.0652. The minimum absolute atomic E-state index is 0.267. The first-order valence-electron chi connectivity index (χ1n) is 16.9. The predicted octanol–water partition coefficient (Wildman–Crippen LogP) is 11.6. The SMILES string of the molecule is C=Cc1c2c(c3c(c1C=C)c1ccncc1n3-c1cccc(-c3nc(-c4ccccc4)cc(-c4ccccc4)n3)c1)C(C)(C)c1ccccc1-2. The second kappa shape index (κ2) is 11.4. The molecule has 0 radical (unpaired) electrons. The molecule has 3 heterocycles. The largest absolute Gasteiger partial charge is 0.307 e. The molecule has 50 heavy (non-hydrogen) atoms. The van der Waals surface area contributed by atoms with Crippen LogP contribution in [0.3, 0.4) is 0 Å². The molecule has 9 rings (SSSR count). The first kappa shape index (κ1) is 29.7. The highest BCUT2D eigenvalue weighted by Gasteiger charge is 2.40. The quantitative estimate of drug-likeness (QED) is 0.181. The summed E-state index contributed by atoms with van der Waals surface area (Å²) in [6, 6.07) is 42.2. The summed E-state index contributed by atoms with van der Waals surface area (Å²) in [7, 11) is 0.